The fraction of sp³-hybridized carbons (Fsp3) is 0.727. The minimum Gasteiger partial charge on any atom is -0.481 e. The first kappa shape index (κ1) is 16.2. The molecule has 0 rings (SSSR count). The Kier molecular flexibility index (Phi) is 7.50. The Morgan fingerprint density at radius 2 is 1.83 bits per heavy atom. The quantitative estimate of drug-likeness (QED) is 0.492. The number of primary amides is 1. The molecule has 18 heavy (non-hydrogen) atoms. The third-order valence-corrected chi connectivity index (χ3v) is 2.50. The van der Waals surface area contributed by atoms with Gasteiger partial charge in [-0.05, 0) is 19.8 Å². The first-order valence-electron chi connectivity index (χ1n) is 5.88. The maximum Gasteiger partial charge on any atom is 0.315 e. The standard InChI is InChI=1S/C11H21N3O4/c1-7(10(16)17)4-3-5-8(2)14-11(18)13-6-9(12)15/h7-8H,3-6H2,1-2H3,(H2,12,15)(H,16,17)(H2,13,14,18). The van der Waals surface area contributed by atoms with Crippen molar-refractivity contribution < 1.29 is 19.5 Å². The second kappa shape index (κ2) is 8.32. The van der Waals surface area contributed by atoms with E-state index in [2.05, 4.69) is 10.6 Å². The number of urea groups is 1. The van der Waals surface area contributed by atoms with Crippen LogP contribution in [0.4, 0.5) is 4.79 Å². The number of amides is 3. The van der Waals surface area contributed by atoms with Crippen LogP contribution in [-0.2, 0) is 9.59 Å². The Balaban J connectivity index is 3.70. The van der Waals surface area contributed by atoms with E-state index < -0.39 is 17.9 Å². The molecule has 3 amide bonds. The number of hydrogen-bond acceptors (Lipinski definition) is 3. The predicted molar refractivity (Wildman–Crippen MR) is 65.8 cm³/mol. The normalized spacial score (nSPS) is 13.4. The SMILES string of the molecule is CC(CCCC(C)C(=O)O)NC(=O)NCC(N)=O. The van der Waals surface area contributed by atoms with Crippen LogP contribution in [0.15, 0.2) is 0 Å². The van der Waals surface area contributed by atoms with Gasteiger partial charge < -0.3 is 21.5 Å². The molecule has 0 aromatic heterocycles. The molecule has 0 aromatic carbocycles. The van der Waals surface area contributed by atoms with E-state index in [9.17, 15) is 14.4 Å². The maximum atomic E-state index is 11.2. The van der Waals surface area contributed by atoms with E-state index in [1.54, 1.807) is 6.92 Å². The smallest absolute Gasteiger partial charge is 0.315 e. The number of hydrogen-bond donors (Lipinski definition) is 4. The van der Waals surface area contributed by atoms with Crippen molar-refractivity contribution in [3.63, 3.8) is 0 Å². The third kappa shape index (κ3) is 8.37. The molecule has 0 aliphatic heterocycles. The second-order valence-electron chi connectivity index (χ2n) is 4.36. The summed E-state index contributed by atoms with van der Waals surface area (Å²) in [5.41, 5.74) is 4.88. The summed E-state index contributed by atoms with van der Waals surface area (Å²) in [6, 6.07) is -0.536. The average Bonchev–Trinajstić information content (AvgIpc) is 2.25. The molecule has 0 bridgehead atoms. The first-order valence-corrected chi connectivity index (χ1v) is 5.88. The third-order valence-electron chi connectivity index (χ3n) is 2.50. The predicted octanol–water partition coefficient (Wildman–Crippen LogP) is 0.0504. The summed E-state index contributed by atoms with van der Waals surface area (Å²) in [5.74, 6) is -1.79. The van der Waals surface area contributed by atoms with Crippen LogP contribution < -0.4 is 16.4 Å². The molecule has 0 fully saturated rings. The Morgan fingerprint density at radius 3 is 2.33 bits per heavy atom. The van der Waals surface area contributed by atoms with Crippen molar-refractivity contribution in [3.8, 4) is 0 Å². The number of nitrogens with two attached hydrogens (primary N) is 1. The van der Waals surface area contributed by atoms with Gasteiger partial charge in [0.1, 0.15) is 0 Å². The highest BCUT2D eigenvalue weighted by molar-refractivity contribution is 5.82. The van der Waals surface area contributed by atoms with E-state index >= 15 is 0 Å². The Bertz CT molecular complexity index is 307. The Labute approximate surface area is 106 Å². The minimum atomic E-state index is -0.810. The van der Waals surface area contributed by atoms with Crippen molar-refractivity contribution in [1.29, 1.82) is 0 Å². The van der Waals surface area contributed by atoms with Gasteiger partial charge in [0.2, 0.25) is 5.91 Å². The summed E-state index contributed by atoms with van der Waals surface area (Å²) in [6.45, 7) is 3.27. The summed E-state index contributed by atoms with van der Waals surface area (Å²) in [7, 11) is 0. The molecular weight excluding hydrogens is 238 g/mol. The van der Waals surface area contributed by atoms with Crippen LogP contribution in [0.25, 0.3) is 0 Å². The average molecular weight is 259 g/mol. The zero-order chi connectivity index (χ0) is 14.1. The van der Waals surface area contributed by atoms with E-state index in [1.165, 1.54) is 0 Å². The number of carboxylic acids is 1. The van der Waals surface area contributed by atoms with Crippen molar-refractivity contribution in [2.24, 2.45) is 11.7 Å². The van der Waals surface area contributed by atoms with Crippen molar-refractivity contribution in [2.45, 2.75) is 39.2 Å². The van der Waals surface area contributed by atoms with E-state index in [0.717, 1.165) is 0 Å². The van der Waals surface area contributed by atoms with Gasteiger partial charge in [0.15, 0.2) is 0 Å². The summed E-state index contributed by atoms with van der Waals surface area (Å²) >= 11 is 0. The van der Waals surface area contributed by atoms with E-state index in [-0.39, 0.29) is 18.5 Å². The lowest BCUT2D eigenvalue weighted by molar-refractivity contribution is -0.141. The van der Waals surface area contributed by atoms with Gasteiger partial charge in [-0.15, -0.1) is 0 Å². The molecule has 0 saturated heterocycles. The first-order chi connectivity index (χ1) is 8.32. The van der Waals surface area contributed by atoms with Gasteiger partial charge in [-0.3, -0.25) is 9.59 Å². The monoisotopic (exact) mass is 259 g/mol. The summed E-state index contributed by atoms with van der Waals surface area (Å²) < 4.78 is 0. The molecule has 0 aliphatic rings. The number of carbonyl (C=O) groups excluding carboxylic acids is 2. The van der Waals surface area contributed by atoms with Crippen LogP contribution in [0.5, 0.6) is 0 Å². The lowest BCUT2D eigenvalue weighted by Crippen LogP contribution is -2.43. The molecule has 7 heteroatoms. The molecule has 2 atom stereocenters. The van der Waals surface area contributed by atoms with Crippen LogP contribution in [0.1, 0.15) is 33.1 Å². The van der Waals surface area contributed by atoms with Gasteiger partial charge in [-0.1, -0.05) is 13.3 Å². The number of rotatable bonds is 8. The van der Waals surface area contributed by atoms with Gasteiger partial charge in [0.05, 0.1) is 12.5 Å². The Hall–Kier alpha value is -1.79. The molecule has 0 radical (unpaired) electrons. The summed E-state index contributed by atoms with van der Waals surface area (Å²) in [5, 5.41) is 13.6. The van der Waals surface area contributed by atoms with E-state index in [1.807, 2.05) is 6.92 Å². The summed E-state index contributed by atoms with van der Waals surface area (Å²) in [6.07, 6.45) is 1.97. The number of nitrogens with one attached hydrogen (secondary N) is 2. The second-order valence-corrected chi connectivity index (χ2v) is 4.36. The van der Waals surface area contributed by atoms with Gasteiger partial charge >= 0.3 is 12.0 Å². The maximum absolute atomic E-state index is 11.2. The minimum absolute atomic E-state index is 0.0844. The lowest BCUT2D eigenvalue weighted by atomic mass is 10.0. The van der Waals surface area contributed by atoms with Crippen molar-refractivity contribution in [1.82, 2.24) is 10.6 Å². The van der Waals surface area contributed by atoms with Gasteiger partial charge in [0, 0.05) is 6.04 Å². The molecule has 2 unspecified atom stereocenters. The van der Waals surface area contributed by atoms with Gasteiger partial charge in [-0.2, -0.15) is 0 Å². The topological polar surface area (TPSA) is 122 Å². The molecular formula is C11H21N3O4. The zero-order valence-electron chi connectivity index (χ0n) is 10.7. The number of carboxylic acid groups (broad SMARTS) is 1. The van der Waals surface area contributed by atoms with Crippen LogP contribution in [0, 0.1) is 5.92 Å². The van der Waals surface area contributed by atoms with E-state index in [0.29, 0.717) is 19.3 Å². The molecule has 0 spiro atoms. The number of aliphatic carboxylic acids is 1. The molecule has 0 aromatic rings. The van der Waals surface area contributed by atoms with Gasteiger partial charge in [-0.25, -0.2) is 4.79 Å². The highest BCUT2D eigenvalue weighted by atomic mass is 16.4. The van der Waals surface area contributed by atoms with Crippen molar-refractivity contribution >= 4 is 17.9 Å². The van der Waals surface area contributed by atoms with E-state index in [4.69, 9.17) is 10.8 Å². The molecule has 5 N–H and O–H groups in total. The van der Waals surface area contributed by atoms with Crippen LogP contribution in [-0.4, -0.2) is 35.6 Å². The molecule has 104 valence electrons. The fourth-order valence-corrected chi connectivity index (χ4v) is 1.37. The molecule has 0 heterocycles. The zero-order valence-corrected chi connectivity index (χ0v) is 10.7. The summed E-state index contributed by atoms with van der Waals surface area (Å²) in [4.78, 5) is 32.2. The molecule has 7 nitrogen and oxygen atoms in total. The largest absolute Gasteiger partial charge is 0.481 e. The highest BCUT2D eigenvalue weighted by Crippen LogP contribution is 2.09. The van der Waals surface area contributed by atoms with Crippen LogP contribution >= 0.6 is 0 Å². The van der Waals surface area contributed by atoms with Crippen molar-refractivity contribution in [2.75, 3.05) is 6.54 Å². The number of carbonyl (C=O) groups is 3. The Morgan fingerprint density at radius 1 is 1.22 bits per heavy atom. The molecule has 0 aliphatic carbocycles. The van der Waals surface area contributed by atoms with Gasteiger partial charge in [0.25, 0.3) is 0 Å². The molecule has 0 saturated carbocycles. The lowest BCUT2D eigenvalue weighted by Gasteiger charge is -2.14. The van der Waals surface area contributed by atoms with Crippen molar-refractivity contribution in [3.05, 3.63) is 0 Å². The fourth-order valence-electron chi connectivity index (χ4n) is 1.37. The highest BCUT2D eigenvalue weighted by Gasteiger charge is 2.12. The van der Waals surface area contributed by atoms with Crippen LogP contribution in [0.3, 0.4) is 0 Å². The van der Waals surface area contributed by atoms with Crippen LogP contribution in [0.2, 0.25) is 0 Å².